The number of hydrogen-bond acceptors (Lipinski definition) is 5. The van der Waals surface area contributed by atoms with Gasteiger partial charge in [-0.25, -0.2) is 8.78 Å². The standard InChI is InChI=1S/C10H9F2N3O4/c1-5-7(9(13)4-10(9,11)12)2-6(14(16)17)3-8(5)15(18)19/h2-3H,4,13H2,1H3. The van der Waals surface area contributed by atoms with Gasteiger partial charge >= 0.3 is 0 Å². The second kappa shape index (κ2) is 3.67. The summed E-state index contributed by atoms with van der Waals surface area (Å²) in [7, 11) is 0. The highest BCUT2D eigenvalue weighted by Gasteiger charge is 2.70. The highest BCUT2D eigenvalue weighted by molar-refractivity contribution is 5.57. The number of nitrogens with two attached hydrogens (primary N) is 1. The molecule has 1 aliphatic carbocycles. The van der Waals surface area contributed by atoms with Gasteiger partial charge in [-0.2, -0.15) is 0 Å². The van der Waals surface area contributed by atoms with Gasteiger partial charge in [-0.1, -0.05) is 0 Å². The van der Waals surface area contributed by atoms with Crippen LogP contribution in [0, 0.1) is 27.2 Å². The van der Waals surface area contributed by atoms with Crippen molar-refractivity contribution in [2.75, 3.05) is 0 Å². The number of nitrogens with zero attached hydrogens (tertiary/aromatic N) is 2. The SMILES string of the molecule is Cc1c([N+](=O)[O-])cc([N+](=O)[O-])cc1C1(N)CC1(F)F. The van der Waals surface area contributed by atoms with Crippen molar-refractivity contribution in [3.63, 3.8) is 0 Å². The summed E-state index contributed by atoms with van der Waals surface area (Å²) in [6.07, 6.45) is -0.681. The van der Waals surface area contributed by atoms with E-state index in [1.54, 1.807) is 0 Å². The van der Waals surface area contributed by atoms with E-state index in [1.165, 1.54) is 6.92 Å². The molecule has 0 spiro atoms. The van der Waals surface area contributed by atoms with Gasteiger partial charge in [0.05, 0.1) is 15.9 Å². The van der Waals surface area contributed by atoms with Gasteiger partial charge in [0.15, 0.2) is 0 Å². The molecule has 1 atom stereocenters. The van der Waals surface area contributed by atoms with Crippen molar-refractivity contribution in [1.82, 2.24) is 0 Å². The van der Waals surface area contributed by atoms with Gasteiger partial charge in [-0.05, 0) is 12.5 Å². The molecular formula is C10H9F2N3O4. The number of nitro benzene ring substituents is 2. The van der Waals surface area contributed by atoms with Crippen LogP contribution in [-0.2, 0) is 5.54 Å². The van der Waals surface area contributed by atoms with Crippen LogP contribution in [0.1, 0.15) is 17.5 Å². The second-order valence-electron chi connectivity index (χ2n) is 4.50. The van der Waals surface area contributed by atoms with Crippen molar-refractivity contribution in [1.29, 1.82) is 0 Å². The van der Waals surface area contributed by atoms with E-state index in [9.17, 15) is 29.0 Å². The van der Waals surface area contributed by atoms with Crippen LogP contribution in [0.3, 0.4) is 0 Å². The number of non-ortho nitro benzene ring substituents is 1. The number of rotatable bonds is 3. The number of nitro groups is 2. The van der Waals surface area contributed by atoms with E-state index < -0.39 is 39.1 Å². The lowest BCUT2D eigenvalue weighted by molar-refractivity contribution is -0.394. The Morgan fingerprint density at radius 2 is 1.79 bits per heavy atom. The lowest BCUT2D eigenvalue weighted by atomic mass is 9.97. The van der Waals surface area contributed by atoms with E-state index >= 15 is 0 Å². The summed E-state index contributed by atoms with van der Waals surface area (Å²) in [6, 6.07) is 1.62. The van der Waals surface area contributed by atoms with E-state index in [2.05, 4.69) is 0 Å². The van der Waals surface area contributed by atoms with E-state index in [0.29, 0.717) is 0 Å². The van der Waals surface area contributed by atoms with E-state index in [-0.39, 0.29) is 11.1 Å². The first-order valence-corrected chi connectivity index (χ1v) is 5.21. The van der Waals surface area contributed by atoms with Crippen LogP contribution in [-0.4, -0.2) is 15.8 Å². The van der Waals surface area contributed by atoms with Gasteiger partial charge in [0.25, 0.3) is 17.3 Å². The van der Waals surface area contributed by atoms with Gasteiger partial charge in [-0.3, -0.25) is 20.2 Å². The monoisotopic (exact) mass is 273 g/mol. The van der Waals surface area contributed by atoms with Crippen molar-refractivity contribution >= 4 is 11.4 Å². The van der Waals surface area contributed by atoms with Crippen LogP contribution in [0.2, 0.25) is 0 Å². The first kappa shape index (κ1) is 13.3. The van der Waals surface area contributed by atoms with Crippen molar-refractivity contribution in [3.05, 3.63) is 43.5 Å². The Morgan fingerprint density at radius 1 is 1.26 bits per heavy atom. The molecule has 2 N–H and O–H groups in total. The molecule has 0 radical (unpaired) electrons. The minimum atomic E-state index is -3.21. The molecule has 0 bridgehead atoms. The van der Waals surface area contributed by atoms with Crippen LogP contribution in [0.25, 0.3) is 0 Å². The molecule has 1 saturated carbocycles. The Kier molecular flexibility index (Phi) is 2.56. The zero-order chi connectivity index (χ0) is 14.6. The summed E-state index contributed by atoms with van der Waals surface area (Å²) in [5.41, 5.74) is 1.89. The summed E-state index contributed by atoms with van der Waals surface area (Å²) >= 11 is 0. The quantitative estimate of drug-likeness (QED) is 0.668. The van der Waals surface area contributed by atoms with Crippen LogP contribution < -0.4 is 5.73 Å². The second-order valence-corrected chi connectivity index (χ2v) is 4.50. The molecule has 0 aromatic heterocycles. The molecule has 102 valence electrons. The van der Waals surface area contributed by atoms with E-state index in [1.807, 2.05) is 0 Å². The molecule has 2 rings (SSSR count). The normalized spacial score (nSPS) is 24.0. The molecule has 19 heavy (non-hydrogen) atoms. The predicted molar refractivity (Wildman–Crippen MR) is 59.9 cm³/mol. The maximum Gasteiger partial charge on any atom is 0.279 e. The molecule has 7 nitrogen and oxygen atoms in total. The molecule has 1 unspecified atom stereocenters. The third kappa shape index (κ3) is 1.82. The Bertz CT molecular complexity index is 605. The first-order valence-electron chi connectivity index (χ1n) is 5.21. The fourth-order valence-corrected chi connectivity index (χ4v) is 2.04. The van der Waals surface area contributed by atoms with Gasteiger partial charge < -0.3 is 5.73 Å². The topological polar surface area (TPSA) is 112 Å². The van der Waals surface area contributed by atoms with Gasteiger partial charge in [-0.15, -0.1) is 0 Å². The zero-order valence-electron chi connectivity index (χ0n) is 9.72. The maximum absolute atomic E-state index is 13.2. The van der Waals surface area contributed by atoms with Crippen LogP contribution in [0.15, 0.2) is 12.1 Å². The van der Waals surface area contributed by atoms with Gasteiger partial charge in [0.2, 0.25) is 0 Å². The lowest BCUT2D eigenvalue weighted by Gasteiger charge is -2.13. The smallest absolute Gasteiger partial charge is 0.279 e. The predicted octanol–water partition coefficient (Wildman–Crippen LogP) is 2.00. The van der Waals surface area contributed by atoms with Crippen molar-refractivity contribution in [3.8, 4) is 0 Å². The lowest BCUT2D eigenvalue weighted by Crippen LogP contribution is -2.28. The van der Waals surface area contributed by atoms with Gasteiger partial charge in [0.1, 0.15) is 5.54 Å². The minimum Gasteiger partial charge on any atom is -0.316 e. The number of halogens is 2. The molecule has 0 amide bonds. The molecule has 9 heteroatoms. The molecule has 0 saturated heterocycles. The molecule has 1 aromatic rings. The average molecular weight is 273 g/mol. The molecule has 1 aliphatic rings. The highest BCUT2D eigenvalue weighted by atomic mass is 19.3. The summed E-state index contributed by atoms with van der Waals surface area (Å²) in [5, 5.41) is 21.5. The summed E-state index contributed by atoms with van der Waals surface area (Å²) in [6.45, 7) is 1.25. The first-order chi connectivity index (χ1) is 8.60. The molecule has 1 fully saturated rings. The third-order valence-electron chi connectivity index (χ3n) is 3.28. The Morgan fingerprint density at radius 3 is 2.16 bits per heavy atom. The minimum absolute atomic E-state index is 0.0738. The molecular weight excluding hydrogens is 264 g/mol. The Labute approximate surface area is 105 Å². The summed E-state index contributed by atoms with van der Waals surface area (Å²) in [4.78, 5) is 19.8. The number of alkyl halides is 2. The molecule has 0 heterocycles. The summed E-state index contributed by atoms with van der Waals surface area (Å²) < 4.78 is 26.5. The number of benzene rings is 1. The summed E-state index contributed by atoms with van der Waals surface area (Å²) in [5.74, 6) is -3.21. The Balaban J connectivity index is 2.68. The van der Waals surface area contributed by atoms with Crippen molar-refractivity contribution in [2.45, 2.75) is 24.8 Å². The highest BCUT2D eigenvalue weighted by Crippen LogP contribution is 2.59. The van der Waals surface area contributed by atoms with Gasteiger partial charge in [0, 0.05) is 18.1 Å². The van der Waals surface area contributed by atoms with Crippen molar-refractivity contribution in [2.24, 2.45) is 5.73 Å². The van der Waals surface area contributed by atoms with Crippen molar-refractivity contribution < 1.29 is 18.6 Å². The van der Waals surface area contributed by atoms with E-state index in [4.69, 9.17) is 5.73 Å². The maximum atomic E-state index is 13.2. The Hall–Kier alpha value is -2.16. The van der Waals surface area contributed by atoms with Crippen LogP contribution >= 0.6 is 0 Å². The fourth-order valence-electron chi connectivity index (χ4n) is 2.04. The largest absolute Gasteiger partial charge is 0.316 e. The molecule has 0 aliphatic heterocycles. The average Bonchev–Trinajstić information content (AvgIpc) is 2.78. The van der Waals surface area contributed by atoms with E-state index in [0.717, 1.165) is 12.1 Å². The third-order valence-corrected chi connectivity index (χ3v) is 3.28. The fraction of sp³-hybridized carbons (Fsp3) is 0.400. The number of hydrogen-bond donors (Lipinski definition) is 1. The van der Waals surface area contributed by atoms with Crippen LogP contribution in [0.4, 0.5) is 20.2 Å². The molecule has 1 aromatic carbocycles. The van der Waals surface area contributed by atoms with Crippen LogP contribution in [0.5, 0.6) is 0 Å². The zero-order valence-corrected chi connectivity index (χ0v) is 9.72.